The van der Waals surface area contributed by atoms with Crippen LogP contribution in [0.5, 0.6) is 0 Å². The number of hydrogen-bond donors (Lipinski definition) is 1. The third-order valence-corrected chi connectivity index (χ3v) is 1.95. The van der Waals surface area contributed by atoms with Crippen LogP contribution in [0, 0.1) is 0 Å². The fourth-order valence-corrected chi connectivity index (χ4v) is 1.37. The molecular weight excluding hydrogens is 187 g/mol. The summed E-state index contributed by atoms with van der Waals surface area (Å²) in [5, 5.41) is 9.25. The number of hydrogen-bond acceptors (Lipinski definition) is 2. The van der Waals surface area contributed by atoms with Crippen molar-refractivity contribution in [2.75, 3.05) is 13.1 Å². The summed E-state index contributed by atoms with van der Waals surface area (Å²) in [5.74, 6) is -0.313. The zero-order chi connectivity index (χ0) is 10.3. The molecule has 1 rings (SSSR count). The monoisotopic (exact) mass is 197 g/mol. The average molecular weight is 197 g/mol. The molecule has 0 saturated carbocycles. The lowest BCUT2D eigenvalue weighted by Gasteiger charge is -2.46. The van der Waals surface area contributed by atoms with Crippen LogP contribution in [-0.4, -0.2) is 40.8 Å². The van der Waals surface area contributed by atoms with Gasteiger partial charge in [-0.05, 0) is 0 Å². The van der Waals surface area contributed by atoms with E-state index < -0.39 is 18.2 Å². The van der Waals surface area contributed by atoms with E-state index in [2.05, 4.69) is 0 Å². The Labute approximate surface area is 73.1 Å². The van der Waals surface area contributed by atoms with Crippen molar-refractivity contribution < 1.29 is 23.1 Å². The van der Waals surface area contributed by atoms with Gasteiger partial charge in [0.05, 0.1) is 19.5 Å². The highest BCUT2D eigenvalue weighted by Gasteiger charge is 2.49. The van der Waals surface area contributed by atoms with Crippen LogP contribution in [0.4, 0.5) is 13.2 Å². The Hall–Kier alpha value is -0.780. The Balaban J connectivity index is 2.43. The van der Waals surface area contributed by atoms with E-state index in [4.69, 9.17) is 0 Å². The number of likely N-dealkylation sites (tertiary alicyclic amines) is 1. The van der Waals surface area contributed by atoms with Gasteiger partial charge >= 0.3 is 6.18 Å². The number of rotatable bonds is 1. The minimum absolute atomic E-state index is 0.220. The highest BCUT2D eigenvalue weighted by molar-refractivity contribution is 5.74. The lowest BCUT2D eigenvalue weighted by Crippen LogP contribution is -2.64. The smallest absolute Gasteiger partial charge is 0.386 e. The molecule has 76 valence electrons. The molecule has 0 unspecified atom stereocenters. The summed E-state index contributed by atoms with van der Waals surface area (Å²) < 4.78 is 35.5. The summed E-state index contributed by atoms with van der Waals surface area (Å²) in [7, 11) is 0. The molecule has 0 radical (unpaired) electrons. The Kier molecular flexibility index (Phi) is 2.27. The van der Waals surface area contributed by atoms with E-state index in [9.17, 15) is 23.1 Å². The molecule has 1 aliphatic rings. The van der Waals surface area contributed by atoms with Crippen LogP contribution < -0.4 is 0 Å². The van der Waals surface area contributed by atoms with Crippen LogP contribution in [0.2, 0.25) is 0 Å². The van der Waals surface area contributed by atoms with Crippen LogP contribution in [0.1, 0.15) is 13.3 Å². The normalized spacial score (nSPS) is 21.2. The van der Waals surface area contributed by atoms with Crippen LogP contribution in [0.25, 0.3) is 0 Å². The molecule has 0 aromatic heterocycles. The molecule has 0 spiro atoms. The second-order valence-electron chi connectivity index (χ2n) is 3.39. The number of aliphatic hydroxyl groups is 1. The first-order valence-electron chi connectivity index (χ1n) is 3.76. The van der Waals surface area contributed by atoms with Crippen molar-refractivity contribution in [3.05, 3.63) is 0 Å². The van der Waals surface area contributed by atoms with Gasteiger partial charge in [0, 0.05) is 6.92 Å². The van der Waals surface area contributed by atoms with Gasteiger partial charge in [-0.2, -0.15) is 13.2 Å². The molecule has 3 nitrogen and oxygen atoms in total. The van der Waals surface area contributed by atoms with Gasteiger partial charge in [-0.3, -0.25) is 4.79 Å². The molecule has 13 heavy (non-hydrogen) atoms. The number of halogens is 3. The van der Waals surface area contributed by atoms with Crippen LogP contribution in [0.15, 0.2) is 0 Å². The second kappa shape index (κ2) is 2.87. The molecule has 0 aliphatic carbocycles. The maximum absolute atomic E-state index is 11.8. The number of alkyl halides is 3. The highest BCUT2D eigenvalue weighted by atomic mass is 19.4. The van der Waals surface area contributed by atoms with Gasteiger partial charge in [-0.15, -0.1) is 0 Å². The van der Waals surface area contributed by atoms with Gasteiger partial charge < -0.3 is 10.0 Å². The number of nitrogens with zero attached hydrogens (tertiary/aromatic N) is 1. The molecule has 1 heterocycles. The van der Waals surface area contributed by atoms with E-state index in [1.165, 1.54) is 11.8 Å². The summed E-state index contributed by atoms with van der Waals surface area (Å²) in [6.45, 7) is 0.816. The molecule has 1 N–H and O–H groups in total. The Morgan fingerprint density at radius 2 is 2.00 bits per heavy atom. The molecule has 0 aromatic rings. The van der Waals surface area contributed by atoms with Gasteiger partial charge in [-0.1, -0.05) is 0 Å². The molecule has 1 amide bonds. The van der Waals surface area contributed by atoms with Gasteiger partial charge in [0.15, 0.2) is 0 Å². The number of carbonyl (C=O) groups is 1. The summed E-state index contributed by atoms with van der Waals surface area (Å²) in [6, 6.07) is 0. The molecule has 6 heteroatoms. The summed E-state index contributed by atoms with van der Waals surface area (Å²) >= 11 is 0. The minimum atomic E-state index is -4.38. The van der Waals surface area contributed by atoms with Crippen molar-refractivity contribution in [2.24, 2.45) is 0 Å². The third kappa shape index (κ3) is 2.58. The SMILES string of the molecule is CC(=O)N1CC(O)(CC(F)(F)F)C1. The largest absolute Gasteiger partial charge is 0.391 e. The van der Waals surface area contributed by atoms with Crippen LogP contribution in [0.3, 0.4) is 0 Å². The first-order chi connectivity index (χ1) is 5.72. The molecule has 0 aromatic carbocycles. The molecule has 1 fully saturated rings. The van der Waals surface area contributed by atoms with Crippen LogP contribution >= 0.6 is 0 Å². The lowest BCUT2D eigenvalue weighted by atomic mass is 9.90. The average Bonchev–Trinajstić information content (AvgIpc) is 1.77. The topological polar surface area (TPSA) is 40.5 Å². The maximum atomic E-state index is 11.8. The van der Waals surface area contributed by atoms with Crippen molar-refractivity contribution in [1.29, 1.82) is 0 Å². The van der Waals surface area contributed by atoms with E-state index in [0.717, 1.165) is 0 Å². The van der Waals surface area contributed by atoms with Crippen molar-refractivity contribution in [1.82, 2.24) is 4.90 Å². The molecule has 1 saturated heterocycles. The van der Waals surface area contributed by atoms with E-state index in [0.29, 0.717) is 0 Å². The summed E-state index contributed by atoms with van der Waals surface area (Å²) in [4.78, 5) is 11.8. The van der Waals surface area contributed by atoms with Crippen molar-refractivity contribution in [2.45, 2.75) is 25.1 Å². The predicted octanol–water partition coefficient (Wildman–Crippen LogP) is 0.532. The van der Waals surface area contributed by atoms with E-state index in [1.807, 2.05) is 0 Å². The van der Waals surface area contributed by atoms with Crippen molar-refractivity contribution in [3.8, 4) is 0 Å². The molecular formula is C7H10F3NO2. The number of β-amino-alcohol motifs (C(OH)–C–C–N with tert-alkyl or cyclic N) is 1. The number of amides is 1. The van der Waals surface area contributed by atoms with E-state index >= 15 is 0 Å². The molecule has 0 atom stereocenters. The van der Waals surface area contributed by atoms with Gasteiger partial charge in [0.25, 0.3) is 0 Å². The third-order valence-electron chi connectivity index (χ3n) is 1.95. The summed E-state index contributed by atoms with van der Waals surface area (Å²) in [5.41, 5.74) is -1.76. The zero-order valence-corrected chi connectivity index (χ0v) is 7.06. The van der Waals surface area contributed by atoms with Crippen molar-refractivity contribution in [3.63, 3.8) is 0 Å². The number of carbonyl (C=O) groups excluding carboxylic acids is 1. The Bertz CT molecular complexity index is 220. The lowest BCUT2D eigenvalue weighted by molar-refractivity contribution is -0.208. The Morgan fingerprint density at radius 1 is 1.54 bits per heavy atom. The zero-order valence-electron chi connectivity index (χ0n) is 7.06. The second-order valence-corrected chi connectivity index (χ2v) is 3.39. The first kappa shape index (κ1) is 10.3. The molecule has 1 aliphatic heterocycles. The standard InChI is InChI=1S/C7H10F3NO2/c1-5(12)11-3-6(13,4-11)2-7(8,9)10/h13H,2-4H2,1H3. The van der Waals surface area contributed by atoms with E-state index in [1.54, 1.807) is 0 Å². The first-order valence-corrected chi connectivity index (χ1v) is 3.76. The fourth-order valence-electron chi connectivity index (χ4n) is 1.37. The maximum Gasteiger partial charge on any atom is 0.391 e. The van der Waals surface area contributed by atoms with Crippen LogP contribution in [-0.2, 0) is 4.79 Å². The quantitative estimate of drug-likeness (QED) is 0.666. The van der Waals surface area contributed by atoms with Gasteiger partial charge in [0.1, 0.15) is 5.60 Å². The van der Waals surface area contributed by atoms with Crippen molar-refractivity contribution >= 4 is 5.91 Å². The Morgan fingerprint density at radius 3 is 2.31 bits per heavy atom. The summed E-state index contributed by atoms with van der Waals surface area (Å²) in [6.07, 6.45) is -5.62. The fraction of sp³-hybridized carbons (Fsp3) is 0.857. The predicted molar refractivity (Wildman–Crippen MR) is 37.9 cm³/mol. The highest BCUT2D eigenvalue weighted by Crippen LogP contribution is 2.33. The van der Waals surface area contributed by atoms with E-state index in [-0.39, 0.29) is 19.0 Å². The molecule has 0 bridgehead atoms. The minimum Gasteiger partial charge on any atom is -0.386 e. The van der Waals surface area contributed by atoms with Gasteiger partial charge in [0.2, 0.25) is 5.91 Å². The van der Waals surface area contributed by atoms with Gasteiger partial charge in [-0.25, -0.2) is 0 Å².